The summed E-state index contributed by atoms with van der Waals surface area (Å²) < 4.78 is 1.71. The molecule has 2 aromatic heterocycles. The Morgan fingerprint density at radius 3 is 2.18 bits per heavy atom. The first kappa shape index (κ1) is 14.5. The molecule has 0 radical (unpaired) electrons. The van der Waals surface area contributed by atoms with Crippen LogP contribution >= 0.6 is 11.6 Å². The van der Waals surface area contributed by atoms with Gasteiger partial charge in [0.15, 0.2) is 0 Å². The van der Waals surface area contributed by atoms with E-state index in [9.17, 15) is 0 Å². The molecule has 0 aliphatic rings. The van der Waals surface area contributed by atoms with Crippen molar-refractivity contribution in [1.29, 1.82) is 0 Å². The molecule has 0 saturated heterocycles. The van der Waals surface area contributed by atoms with E-state index in [1.165, 1.54) is 0 Å². The lowest BCUT2D eigenvalue weighted by Gasteiger charge is -2.09. The Balaban J connectivity index is 2.00. The number of aromatic nitrogens is 4. The Morgan fingerprint density at radius 1 is 0.909 bits per heavy atom. The van der Waals surface area contributed by atoms with E-state index in [4.69, 9.17) is 11.6 Å². The second-order valence-corrected chi connectivity index (χ2v) is 5.60. The molecule has 1 N–H and O–H groups in total. The van der Waals surface area contributed by atoms with Crippen molar-refractivity contribution >= 4 is 23.1 Å². The van der Waals surface area contributed by atoms with Crippen LogP contribution in [0.1, 0.15) is 17.1 Å². The summed E-state index contributed by atoms with van der Waals surface area (Å²) in [6.07, 6.45) is 0. The molecule has 3 aromatic rings. The van der Waals surface area contributed by atoms with Crippen molar-refractivity contribution in [1.82, 2.24) is 19.7 Å². The predicted molar refractivity (Wildman–Crippen MR) is 88.1 cm³/mol. The molecule has 2 heterocycles. The number of nitrogens with one attached hydrogen (secondary N) is 1. The minimum Gasteiger partial charge on any atom is -0.340 e. The third kappa shape index (κ3) is 3.09. The standard InChI is InChI=1S/C16H16ClN5/c1-10-8-11(2)19-16(18-10)22-15(9-12(3)21-22)20-14-6-4-13(17)5-7-14/h4-9,20H,1-3H3. The predicted octanol–water partition coefficient (Wildman–Crippen LogP) is 3.98. The van der Waals surface area contributed by atoms with Gasteiger partial charge in [0.25, 0.3) is 5.95 Å². The van der Waals surface area contributed by atoms with E-state index in [2.05, 4.69) is 20.4 Å². The maximum atomic E-state index is 5.92. The molecular formula is C16H16ClN5. The second kappa shape index (κ2) is 5.77. The van der Waals surface area contributed by atoms with Crippen LogP contribution in [0.5, 0.6) is 0 Å². The fourth-order valence-electron chi connectivity index (χ4n) is 2.22. The molecule has 0 saturated carbocycles. The maximum Gasteiger partial charge on any atom is 0.252 e. The topological polar surface area (TPSA) is 55.6 Å². The molecule has 0 amide bonds. The van der Waals surface area contributed by atoms with Gasteiger partial charge in [-0.05, 0) is 51.1 Å². The molecule has 1 aromatic carbocycles. The maximum absolute atomic E-state index is 5.92. The van der Waals surface area contributed by atoms with Crippen molar-refractivity contribution in [2.75, 3.05) is 5.32 Å². The molecular weight excluding hydrogens is 298 g/mol. The van der Waals surface area contributed by atoms with E-state index in [1.807, 2.05) is 57.2 Å². The van der Waals surface area contributed by atoms with Crippen LogP contribution in [0.3, 0.4) is 0 Å². The van der Waals surface area contributed by atoms with Crippen molar-refractivity contribution in [3.8, 4) is 5.95 Å². The summed E-state index contributed by atoms with van der Waals surface area (Å²) in [5.74, 6) is 1.37. The molecule has 0 fully saturated rings. The molecule has 5 nitrogen and oxygen atoms in total. The first-order valence-corrected chi connectivity index (χ1v) is 7.31. The van der Waals surface area contributed by atoms with Crippen LogP contribution in [0, 0.1) is 20.8 Å². The summed E-state index contributed by atoms with van der Waals surface area (Å²) in [6.45, 7) is 5.83. The SMILES string of the molecule is Cc1cc(C)nc(-n2nc(C)cc2Nc2ccc(Cl)cc2)n1. The minimum atomic E-state index is 0.557. The molecule has 0 aliphatic carbocycles. The highest BCUT2D eigenvalue weighted by molar-refractivity contribution is 6.30. The quantitative estimate of drug-likeness (QED) is 0.794. The summed E-state index contributed by atoms with van der Waals surface area (Å²) in [7, 11) is 0. The molecule has 0 aliphatic heterocycles. The summed E-state index contributed by atoms with van der Waals surface area (Å²) in [4.78, 5) is 8.92. The minimum absolute atomic E-state index is 0.557. The second-order valence-electron chi connectivity index (χ2n) is 5.17. The number of benzene rings is 1. The number of aryl methyl sites for hydroxylation is 3. The van der Waals surface area contributed by atoms with Gasteiger partial charge in [-0.1, -0.05) is 11.6 Å². The number of nitrogens with zero attached hydrogens (tertiary/aromatic N) is 4. The Labute approximate surface area is 134 Å². The first-order valence-electron chi connectivity index (χ1n) is 6.93. The third-order valence-corrected chi connectivity index (χ3v) is 3.36. The number of hydrogen-bond acceptors (Lipinski definition) is 4. The van der Waals surface area contributed by atoms with Crippen LogP contribution in [0.15, 0.2) is 36.4 Å². The van der Waals surface area contributed by atoms with Crippen LogP contribution < -0.4 is 5.32 Å². The highest BCUT2D eigenvalue weighted by Crippen LogP contribution is 2.21. The Hall–Kier alpha value is -2.40. The third-order valence-electron chi connectivity index (χ3n) is 3.11. The van der Waals surface area contributed by atoms with E-state index < -0.39 is 0 Å². The van der Waals surface area contributed by atoms with Crippen molar-refractivity contribution in [2.24, 2.45) is 0 Å². The van der Waals surface area contributed by atoms with Gasteiger partial charge in [-0.15, -0.1) is 0 Å². The highest BCUT2D eigenvalue weighted by Gasteiger charge is 2.11. The van der Waals surface area contributed by atoms with E-state index in [0.717, 1.165) is 28.6 Å². The van der Waals surface area contributed by atoms with Crippen LogP contribution in [-0.4, -0.2) is 19.7 Å². The van der Waals surface area contributed by atoms with Crippen LogP contribution in [0.4, 0.5) is 11.5 Å². The van der Waals surface area contributed by atoms with E-state index in [1.54, 1.807) is 4.68 Å². The smallest absolute Gasteiger partial charge is 0.252 e. The van der Waals surface area contributed by atoms with Crippen molar-refractivity contribution < 1.29 is 0 Å². The molecule has 0 unspecified atom stereocenters. The fourth-order valence-corrected chi connectivity index (χ4v) is 2.35. The monoisotopic (exact) mass is 313 g/mol. The Morgan fingerprint density at radius 2 is 1.55 bits per heavy atom. The number of hydrogen-bond donors (Lipinski definition) is 1. The molecule has 0 bridgehead atoms. The fraction of sp³-hybridized carbons (Fsp3) is 0.188. The number of rotatable bonds is 3. The molecule has 6 heteroatoms. The summed E-state index contributed by atoms with van der Waals surface area (Å²) >= 11 is 5.92. The lowest BCUT2D eigenvalue weighted by molar-refractivity contribution is 0.790. The molecule has 112 valence electrons. The van der Waals surface area contributed by atoms with Gasteiger partial charge in [0, 0.05) is 28.2 Å². The van der Waals surface area contributed by atoms with E-state index in [-0.39, 0.29) is 0 Å². The van der Waals surface area contributed by atoms with Gasteiger partial charge in [0.1, 0.15) is 5.82 Å². The zero-order valence-corrected chi connectivity index (χ0v) is 13.4. The van der Waals surface area contributed by atoms with Gasteiger partial charge in [-0.2, -0.15) is 9.78 Å². The normalized spacial score (nSPS) is 10.7. The number of anilines is 2. The van der Waals surface area contributed by atoms with Crippen LogP contribution in [0.2, 0.25) is 5.02 Å². The highest BCUT2D eigenvalue weighted by atomic mass is 35.5. The van der Waals surface area contributed by atoms with Gasteiger partial charge in [0.05, 0.1) is 5.69 Å². The van der Waals surface area contributed by atoms with Gasteiger partial charge < -0.3 is 5.32 Å². The zero-order valence-electron chi connectivity index (χ0n) is 12.6. The Bertz CT molecular complexity index is 788. The average Bonchev–Trinajstić information content (AvgIpc) is 2.81. The lowest BCUT2D eigenvalue weighted by atomic mass is 10.3. The summed E-state index contributed by atoms with van der Waals surface area (Å²) in [6, 6.07) is 11.4. The van der Waals surface area contributed by atoms with Crippen molar-refractivity contribution in [2.45, 2.75) is 20.8 Å². The summed E-state index contributed by atoms with van der Waals surface area (Å²) in [5.41, 5.74) is 3.63. The van der Waals surface area contributed by atoms with Crippen LogP contribution in [-0.2, 0) is 0 Å². The van der Waals surface area contributed by atoms with Crippen molar-refractivity contribution in [3.63, 3.8) is 0 Å². The van der Waals surface area contributed by atoms with Gasteiger partial charge in [0.2, 0.25) is 0 Å². The molecule has 22 heavy (non-hydrogen) atoms. The van der Waals surface area contributed by atoms with E-state index >= 15 is 0 Å². The largest absolute Gasteiger partial charge is 0.340 e. The van der Waals surface area contributed by atoms with Crippen molar-refractivity contribution in [3.05, 3.63) is 58.5 Å². The first-order chi connectivity index (χ1) is 10.5. The summed E-state index contributed by atoms with van der Waals surface area (Å²) in [5, 5.41) is 8.50. The average molecular weight is 314 g/mol. The lowest BCUT2D eigenvalue weighted by Crippen LogP contribution is -2.08. The van der Waals surface area contributed by atoms with Gasteiger partial charge in [-0.3, -0.25) is 0 Å². The van der Waals surface area contributed by atoms with Crippen LogP contribution in [0.25, 0.3) is 5.95 Å². The number of halogens is 1. The molecule has 3 rings (SSSR count). The van der Waals surface area contributed by atoms with Gasteiger partial charge >= 0.3 is 0 Å². The zero-order chi connectivity index (χ0) is 15.7. The Kier molecular flexibility index (Phi) is 3.81. The van der Waals surface area contributed by atoms with Gasteiger partial charge in [-0.25, -0.2) is 9.97 Å². The van der Waals surface area contributed by atoms with E-state index in [0.29, 0.717) is 11.0 Å². The molecule has 0 atom stereocenters. The molecule has 0 spiro atoms.